The summed E-state index contributed by atoms with van der Waals surface area (Å²) in [6.45, 7) is 12.1. The zero-order valence-corrected chi connectivity index (χ0v) is 16.4. The smallest absolute Gasteiger partial charge is 0.256 e. The molecule has 1 rings (SSSR count). The van der Waals surface area contributed by atoms with Crippen LogP contribution in [-0.2, 0) is 9.53 Å². The Labute approximate surface area is 152 Å². The van der Waals surface area contributed by atoms with Crippen LogP contribution in [-0.4, -0.2) is 49.8 Å². The van der Waals surface area contributed by atoms with E-state index >= 15 is 0 Å². The van der Waals surface area contributed by atoms with Crippen molar-refractivity contribution in [2.45, 2.75) is 52.6 Å². The molecule has 5 heteroatoms. The van der Waals surface area contributed by atoms with Crippen LogP contribution >= 0.6 is 0 Å². The normalized spacial score (nSPS) is 13.5. The Bertz CT molecular complexity index is 500. The van der Waals surface area contributed by atoms with E-state index in [0.717, 1.165) is 43.9 Å². The van der Waals surface area contributed by atoms with E-state index in [9.17, 15) is 4.79 Å². The van der Waals surface area contributed by atoms with Crippen LogP contribution in [0.5, 0.6) is 5.75 Å². The standard InChI is InChI=1S/C20H34N2O3/c1-6-14-20(4,24-5)19(23)21-17-10-12-18(13-11-17)25-16-9-15-22(7-2)8-3/h10-13H,6-9,14-16H2,1-5H3,(H,21,23). The molecular weight excluding hydrogens is 316 g/mol. The van der Waals surface area contributed by atoms with Crippen LogP contribution in [0.4, 0.5) is 5.69 Å². The first-order valence-electron chi connectivity index (χ1n) is 9.30. The number of methoxy groups -OCH3 is 1. The van der Waals surface area contributed by atoms with Gasteiger partial charge in [0.25, 0.3) is 5.91 Å². The molecule has 0 spiro atoms. The highest BCUT2D eigenvalue weighted by atomic mass is 16.5. The number of hydrogen-bond acceptors (Lipinski definition) is 4. The lowest BCUT2D eigenvalue weighted by Crippen LogP contribution is -2.41. The first-order valence-corrected chi connectivity index (χ1v) is 9.30. The lowest BCUT2D eigenvalue weighted by atomic mass is 9.99. The number of ether oxygens (including phenoxy) is 2. The van der Waals surface area contributed by atoms with Crippen molar-refractivity contribution < 1.29 is 14.3 Å². The second-order valence-electron chi connectivity index (χ2n) is 6.39. The molecule has 142 valence electrons. The minimum Gasteiger partial charge on any atom is -0.494 e. The lowest BCUT2D eigenvalue weighted by Gasteiger charge is -2.26. The van der Waals surface area contributed by atoms with Crippen LogP contribution < -0.4 is 10.1 Å². The summed E-state index contributed by atoms with van der Waals surface area (Å²) in [6, 6.07) is 7.49. The second kappa shape index (κ2) is 11.1. The summed E-state index contributed by atoms with van der Waals surface area (Å²) in [5, 5.41) is 2.92. The maximum atomic E-state index is 12.4. The summed E-state index contributed by atoms with van der Waals surface area (Å²) >= 11 is 0. The quantitative estimate of drug-likeness (QED) is 0.580. The van der Waals surface area contributed by atoms with Crippen molar-refractivity contribution in [1.29, 1.82) is 0 Å². The Kier molecular flexibility index (Phi) is 9.53. The number of hydrogen-bond donors (Lipinski definition) is 1. The molecular formula is C20H34N2O3. The molecule has 1 aromatic rings. The number of nitrogens with zero attached hydrogens (tertiary/aromatic N) is 1. The highest BCUT2D eigenvalue weighted by Crippen LogP contribution is 2.21. The van der Waals surface area contributed by atoms with Gasteiger partial charge in [-0.05, 0) is 57.1 Å². The average Bonchev–Trinajstić information content (AvgIpc) is 2.63. The Morgan fingerprint density at radius 3 is 2.32 bits per heavy atom. The van der Waals surface area contributed by atoms with Crippen LogP contribution in [0.3, 0.4) is 0 Å². The highest BCUT2D eigenvalue weighted by Gasteiger charge is 2.31. The molecule has 1 atom stereocenters. The van der Waals surface area contributed by atoms with Gasteiger partial charge in [-0.15, -0.1) is 0 Å². The van der Waals surface area contributed by atoms with E-state index in [-0.39, 0.29) is 5.91 Å². The number of carbonyl (C=O) groups is 1. The maximum absolute atomic E-state index is 12.4. The van der Waals surface area contributed by atoms with Crippen LogP contribution in [0, 0.1) is 0 Å². The van der Waals surface area contributed by atoms with E-state index in [2.05, 4.69) is 24.1 Å². The number of rotatable bonds is 12. The minimum absolute atomic E-state index is 0.121. The summed E-state index contributed by atoms with van der Waals surface area (Å²) < 4.78 is 11.2. The SMILES string of the molecule is CCCC(C)(OC)C(=O)Nc1ccc(OCCCN(CC)CC)cc1. The van der Waals surface area contributed by atoms with Crippen molar-refractivity contribution >= 4 is 11.6 Å². The monoisotopic (exact) mass is 350 g/mol. The molecule has 0 aliphatic carbocycles. The first-order chi connectivity index (χ1) is 12.0. The topological polar surface area (TPSA) is 50.8 Å². The predicted molar refractivity (Wildman–Crippen MR) is 103 cm³/mol. The number of carbonyl (C=O) groups excluding carboxylic acids is 1. The van der Waals surface area contributed by atoms with Crippen molar-refractivity contribution in [2.75, 3.05) is 38.7 Å². The fourth-order valence-corrected chi connectivity index (χ4v) is 2.70. The van der Waals surface area contributed by atoms with Gasteiger partial charge in [0, 0.05) is 19.3 Å². The predicted octanol–water partition coefficient (Wildman–Crippen LogP) is 3.94. The molecule has 0 radical (unpaired) electrons. The molecule has 0 fully saturated rings. The Balaban J connectivity index is 2.47. The maximum Gasteiger partial charge on any atom is 0.256 e. The van der Waals surface area contributed by atoms with E-state index in [1.165, 1.54) is 0 Å². The van der Waals surface area contributed by atoms with E-state index in [0.29, 0.717) is 13.0 Å². The minimum atomic E-state index is -0.797. The van der Waals surface area contributed by atoms with E-state index in [4.69, 9.17) is 9.47 Å². The first kappa shape index (κ1) is 21.5. The molecule has 0 heterocycles. The van der Waals surface area contributed by atoms with Crippen molar-refractivity contribution in [3.63, 3.8) is 0 Å². The number of nitrogens with one attached hydrogen (secondary N) is 1. The van der Waals surface area contributed by atoms with Crippen molar-refractivity contribution in [3.8, 4) is 5.75 Å². The van der Waals surface area contributed by atoms with Gasteiger partial charge in [0.15, 0.2) is 0 Å². The van der Waals surface area contributed by atoms with Gasteiger partial charge in [-0.2, -0.15) is 0 Å². The Hall–Kier alpha value is -1.59. The molecule has 25 heavy (non-hydrogen) atoms. The van der Waals surface area contributed by atoms with Gasteiger partial charge in [-0.25, -0.2) is 0 Å². The molecule has 1 aromatic carbocycles. The zero-order chi connectivity index (χ0) is 18.7. The van der Waals surface area contributed by atoms with Crippen LogP contribution in [0.25, 0.3) is 0 Å². The van der Waals surface area contributed by atoms with E-state index in [1.807, 2.05) is 38.1 Å². The number of benzene rings is 1. The molecule has 0 saturated heterocycles. The highest BCUT2D eigenvalue weighted by molar-refractivity contribution is 5.97. The van der Waals surface area contributed by atoms with Gasteiger partial charge in [0.1, 0.15) is 11.4 Å². The summed E-state index contributed by atoms with van der Waals surface area (Å²) in [5.74, 6) is 0.699. The molecule has 0 aliphatic rings. The molecule has 5 nitrogen and oxygen atoms in total. The summed E-state index contributed by atoms with van der Waals surface area (Å²) in [6.07, 6.45) is 2.57. The summed E-state index contributed by atoms with van der Waals surface area (Å²) in [5.41, 5.74) is -0.0474. The largest absolute Gasteiger partial charge is 0.494 e. The summed E-state index contributed by atoms with van der Waals surface area (Å²) in [4.78, 5) is 14.8. The van der Waals surface area contributed by atoms with Gasteiger partial charge in [0.05, 0.1) is 6.61 Å². The Morgan fingerprint density at radius 1 is 1.16 bits per heavy atom. The van der Waals surface area contributed by atoms with Crippen LogP contribution in [0.2, 0.25) is 0 Å². The molecule has 1 N–H and O–H groups in total. The van der Waals surface area contributed by atoms with Crippen molar-refractivity contribution in [1.82, 2.24) is 4.90 Å². The molecule has 0 aliphatic heterocycles. The fourth-order valence-electron chi connectivity index (χ4n) is 2.70. The third-order valence-electron chi connectivity index (χ3n) is 4.55. The second-order valence-corrected chi connectivity index (χ2v) is 6.39. The third-order valence-corrected chi connectivity index (χ3v) is 4.55. The fraction of sp³-hybridized carbons (Fsp3) is 0.650. The van der Waals surface area contributed by atoms with Crippen molar-refractivity contribution in [3.05, 3.63) is 24.3 Å². The molecule has 0 aromatic heterocycles. The van der Waals surface area contributed by atoms with E-state index in [1.54, 1.807) is 7.11 Å². The van der Waals surface area contributed by atoms with Gasteiger partial charge >= 0.3 is 0 Å². The van der Waals surface area contributed by atoms with Crippen LogP contribution in [0.1, 0.15) is 47.0 Å². The third kappa shape index (κ3) is 7.04. The van der Waals surface area contributed by atoms with Crippen molar-refractivity contribution in [2.24, 2.45) is 0 Å². The molecule has 1 unspecified atom stereocenters. The molecule has 0 saturated carbocycles. The van der Waals surface area contributed by atoms with Gasteiger partial charge in [-0.3, -0.25) is 4.79 Å². The van der Waals surface area contributed by atoms with Gasteiger partial charge < -0.3 is 19.7 Å². The van der Waals surface area contributed by atoms with Gasteiger partial charge in [-0.1, -0.05) is 27.2 Å². The lowest BCUT2D eigenvalue weighted by molar-refractivity contribution is -0.136. The molecule has 0 bridgehead atoms. The molecule has 1 amide bonds. The number of anilines is 1. The van der Waals surface area contributed by atoms with E-state index < -0.39 is 5.60 Å². The number of amides is 1. The zero-order valence-electron chi connectivity index (χ0n) is 16.4. The van der Waals surface area contributed by atoms with Crippen LogP contribution in [0.15, 0.2) is 24.3 Å². The summed E-state index contributed by atoms with van der Waals surface area (Å²) in [7, 11) is 1.57. The van der Waals surface area contributed by atoms with Gasteiger partial charge in [0.2, 0.25) is 0 Å². The Morgan fingerprint density at radius 2 is 1.80 bits per heavy atom. The average molecular weight is 351 g/mol.